The molecule has 3 aliphatic rings. The number of amides is 1. The highest BCUT2D eigenvalue weighted by atomic mass is 16.7. The summed E-state index contributed by atoms with van der Waals surface area (Å²) in [5, 5.41) is 12.4. The van der Waals surface area contributed by atoms with Crippen molar-refractivity contribution >= 4 is 17.6 Å². The maximum absolute atomic E-state index is 12.8. The predicted octanol–water partition coefficient (Wildman–Crippen LogP) is 3.22. The van der Waals surface area contributed by atoms with Crippen molar-refractivity contribution in [3.8, 4) is 0 Å². The first-order valence-electron chi connectivity index (χ1n) is 9.39. The summed E-state index contributed by atoms with van der Waals surface area (Å²) in [5.74, 6) is -2.33. The van der Waals surface area contributed by atoms with Crippen molar-refractivity contribution in [3.63, 3.8) is 0 Å². The molecule has 0 radical (unpaired) electrons. The molecular formula is C21H25NO5. The number of carboxylic acid groups (broad SMARTS) is 1. The summed E-state index contributed by atoms with van der Waals surface area (Å²) < 4.78 is 11.6. The van der Waals surface area contributed by atoms with Crippen LogP contribution in [0, 0.1) is 29.1 Å². The number of fused-ring (bicyclic) bond motifs is 2. The fraction of sp³-hybridized carbons (Fsp3) is 0.524. The molecule has 1 aromatic carbocycles. The summed E-state index contributed by atoms with van der Waals surface area (Å²) >= 11 is 0. The number of allylic oxidation sites excluding steroid dienone is 2. The summed E-state index contributed by atoms with van der Waals surface area (Å²) in [6.45, 7) is 5.38. The number of rotatable bonds is 4. The van der Waals surface area contributed by atoms with Crippen LogP contribution in [0.1, 0.15) is 32.1 Å². The van der Waals surface area contributed by atoms with Crippen LogP contribution in [0.3, 0.4) is 0 Å². The SMILES string of the molecule is CC1(C)COC(c2cccc(NC(=O)C3C4C=CC(C4)C3C(=O)O)c2)OC1. The van der Waals surface area contributed by atoms with Crippen molar-refractivity contribution in [2.75, 3.05) is 18.5 Å². The van der Waals surface area contributed by atoms with E-state index < -0.39 is 24.1 Å². The average molecular weight is 371 g/mol. The minimum atomic E-state index is -0.896. The molecule has 1 aromatic rings. The molecule has 144 valence electrons. The lowest BCUT2D eigenvalue weighted by Gasteiger charge is -2.34. The third-order valence-corrected chi connectivity index (χ3v) is 5.72. The summed E-state index contributed by atoms with van der Waals surface area (Å²) in [4.78, 5) is 24.4. The first kappa shape index (κ1) is 18.2. The largest absolute Gasteiger partial charge is 0.481 e. The number of aliphatic carboxylic acids is 1. The molecule has 6 nitrogen and oxygen atoms in total. The predicted molar refractivity (Wildman–Crippen MR) is 98.9 cm³/mol. The number of carboxylic acids is 1. The normalized spacial score (nSPS) is 31.8. The quantitative estimate of drug-likeness (QED) is 0.794. The average Bonchev–Trinajstić information content (AvgIpc) is 3.23. The molecule has 2 bridgehead atoms. The number of hydrogen-bond acceptors (Lipinski definition) is 4. The van der Waals surface area contributed by atoms with Gasteiger partial charge in [-0.15, -0.1) is 0 Å². The standard InChI is InChI=1S/C21H25NO5/c1-21(2)10-26-20(27-11-21)14-4-3-5-15(9-14)22-18(23)16-12-6-7-13(8-12)17(16)19(24)25/h3-7,9,12-13,16-17,20H,8,10-11H2,1-2H3,(H,22,23)(H,24,25). The fourth-order valence-electron chi connectivity index (χ4n) is 4.39. The van der Waals surface area contributed by atoms with Gasteiger partial charge in [0.1, 0.15) is 0 Å². The highest BCUT2D eigenvalue weighted by Crippen LogP contribution is 2.48. The number of carbonyl (C=O) groups is 2. The monoisotopic (exact) mass is 371 g/mol. The van der Waals surface area contributed by atoms with Gasteiger partial charge in [-0.3, -0.25) is 9.59 Å². The lowest BCUT2D eigenvalue weighted by molar-refractivity contribution is -0.226. The molecule has 0 aromatic heterocycles. The molecule has 1 saturated carbocycles. The van der Waals surface area contributed by atoms with E-state index in [0.29, 0.717) is 18.9 Å². The van der Waals surface area contributed by atoms with E-state index in [1.54, 1.807) is 6.07 Å². The highest BCUT2D eigenvalue weighted by Gasteiger charge is 2.51. The number of anilines is 1. The number of nitrogens with one attached hydrogen (secondary N) is 1. The molecule has 1 saturated heterocycles. The smallest absolute Gasteiger partial charge is 0.307 e. The summed E-state index contributed by atoms with van der Waals surface area (Å²) in [6, 6.07) is 7.37. The Balaban J connectivity index is 1.46. The summed E-state index contributed by atoms with van der Waals surface area (Å²) in [5.41, 5.74) is 1.46. The van der Waals surface area contributed by atoms with E-state index in [1.807, 2.05) is 30.4 Å². The summed E-state index contributed by atoms with van der Waals surface area (Å²) in [6.07, 6.45) is 4.21. The zero-order valence-corrected chi connectivity index (χ0v) is 15.6. The third-order valence-electron chi connectivity index (χ3n) is 5.72. The van der Waals surface area contributed by atoms with Crippen LogP contribution >= 0.6 is 0 Å². The minimum Gasteiger partial charge on any atom is -0.481 e. The number of benzene rings is 1. The lowest BCUT2D eigenvalue weighted by Crippen LogP contribution is -2.36. The minimum absolute atomic E-state index is 0.00604. The van der Waals surface area contributed by atoms with Crippen LogP contribution in [0.25, 0.3) is 0 Å². The Hall–Kier alpha value is -2.18. The number of hydrogen-bond donors (Lipinski definition) is 2. The van der Waals surface area contributed by atoms with Crippen molar-refractivity contribution in [1.29, 1.82) is 0 Å². The van der Waals surface area contributed by atoms with Gasteiger partial charge in [-0.25, -0.2) is 0 Å². The van der Waals surface area contributed by atoms with E-state index in [2.05, 4.69) is 19.2 Å². The molecular weight excluding hydrogens is 346 g/mol. The van der Waals surface area contributed by atoms with E-state index in [1.165, 1.54) is 0 Å². The van der Waals surface area contributed by atoms with E-state index >= 15 is 0 Å². The zero-order valence-electron chi connectivity index (χ0n) is 15.6. The number of ether oxygens (including phenoxy) is 2. The van der Waals surface area contributed by atoms with Gasteiger partial charge in [0.05, 0.1) is 25.0 Å². The highest BCUT2D eigenvalue weighted by molar-refractivity contribution is 5.96. The Morgan fingerprint density at radius 3 is 2.44 bits per heavy atom. The van der Waals surface area contributed by atoms with E-state index in [4.69, 9.17) is 9.47 Å². The Bertz CT molecular complexity index is 777. The summed E-state index contributed by atoms with van der Waals surface area (Å²) in [7, 11) is 0. The molecule has 2 fully saturated rings. The van der Waals surface area contributed by atoms with Gasteiger partial charge < -0.3 is 19.9 Å². The van der Waals surface area contributed by atoms with Gasteiger partial charge in [-0.05, 0) is 30.4 Å². The van der Waals surface area contributed by atoms with Crippen molar-refractivity contribution in [3.05, 3.63) is 42.0 Å². The van der Waals surface area contributed by atoms with Gasteiger partial charge in [0, 0.05) is 16.7 Å². The van der Waals surface area contributed by atoms with Gasteiger partial charge in [0.15, 0.2) is 6.29 Å². The van der Waals surface area contributed by atoms with Crippen LogP contribution < -0.4 is 5.32 Å². The van der Waals surface area contributed by atoms with Crippen LogP contribution in [-0.2, 0) is 19.1 Å². The van der Waals surface area contributed by atoms with Crippen LogP contribution in [0.2, 0.25) is 0 Å². The Labute approximate surface area is 158 Å². The molecule has 27 heavy (non-hydrogen) atoms. The van der Waals surface area contributed by atoms with Gasteiger partial charge in [-0.1, -0.05) is 38.1 Å². The zero-order chi connectivity index (χ0) is 19.2. The molecule has 0 spiro atoms. The maximum atomic E-state index is 12.8. The van der Waals surface area contributed by atoms with Crippen LogP contribution in [0.15, 0.2) is 36.4 Å². The van der Waals surface area contributed by atoms with Crippen LogP contribution in [0.5, 0.6) is 0 Å². The van der Waals surface area contributed by atoms with Crippen molar-refractivity contribution in [2.45, 2.75) is 26.6 Å². The second-order valence-corrected chi connectivity index (χ2v) is 8.57. The molecule has 1 amide bonds. The lowest BCUT2D eigenvalue weighted by atomic mass is 9.82. The van der Waals surface area contributed by atoms with Crippen molar-refractivity contribution in [2.24, 2.45) is 29.1 Å². The van der Waals surface area contributed by atoms with Crippen molar-refractivity contribution in [1.82, 2.24) is 0 Å². The maximum Gasteiger partial charge on any atom is 0.307 e. The number of carbonyl (C=O) groups excluding carboxylic acids is 1. The topological polar surface area (TPSA) is 84.9 Å². The van der Waals surface area contributed by atoms with Gasteiger partial charge in [0.25, 0.3) is 0 Å². The van der Waals surface area contributed by atoms with Crippen LogP contribution in [-0.4, -0.2) is 30.2 Å². The van der Waals surface area contributed by atoms with Gasteiger partial charge in [-0.2, -0.15) is 0 Å². The third kappa shape index (κ3) is 3.51. The van der Waals surface area contributed by atoms with Crippen molar-refractivity contribution < 1.29 is 24.2 Å². The molecule has 1 heterocycles. The first-order valence-corrected chi connectivity index (χ1v) is 9.39. The van der Waals surface area contributed by atoms with Gasteiger partial charge >= 0.3 is 5.97 Å². The molecule has 4 unspecified atom stereocenters. The molecule has 2 aliphatic carbocycles. The second kappa shape index (κ2) is 6.77. The fourth-order valence-corrected chi connectivity index (χ4v) is 4.39. The van der Waals surface area contributed by atoms with E-state index in [0.717, 1.165) is 12.0 Å². The molecule has 4 atom stereocenters. The van der Waals surface area contributed by atoms with Gasteiger partial charge in [0.2, 0.25) is 5.91 Å². The Morgan fingerprint density at radius 2 is 1.78 bits per heavy atom. The van der Waals surface area contributed by atoms with E-state index in [-0.39, 0.29) is 23.2 Å². The molecule has 1 aliphatic heterocycles. The molecule has 4 rings (SSSR count). The van der Waals surface area contributed by atoms with E-state index in [9.17, 15) is 14.7 Å². The molecule has 2 N–H and O–H groups in total. The van der Waals surface area contributed by atoms with Crippen LogP contribution in [0.4, 0.5) is 5.69 Å². The second-order valence-electron chi connectivity index (χ2n) is 8.57. The molecule has 6 heteroatoms. The Kier molecular flexibility index (Phi) is 4.56. The first-order chi connectivity index (χ1) is 12.8. The Morgan fingerprint density at radius 1 is 1.11 bits per heavy atom.